The Balaban J connectivity index is 1.41. The molecule has 0 spiro atoms. The maximum atomic E-state index is 11.2. The van der Waals surface area contributed by atoms with Gasteiger partial charge in [-0.25, -0.2) is 0 Å². The summed E-state index contributed by atoms with van der Waals surface area (Å²) in [6, 6.07) is 15.2. The van der Waals surface area contributed by atoms with Crippen molar-refractivity contribution in [1.29, 1.82) is 0 Å². The molecule has 2 aromatic carbocycles. The Labute approximate surface area is 143 Å². The number of rotatable bonds is 5. The lowest BCUT2D eigenvalue weighted by atomic mass is 10.1. The molecule has 7 nitrogen and oxygen atoms in total. The fourth-order valence-electron chi connectivity index (χ4n) is 2.77. The van der Waals surface area contributed by atoms with Crippen LogP contribution in [-0.4, -0.2) is 16.1 Å². The van der Waals surface area contributed by atoms with E-state index in [0.29, 0.717) is 30.4 Å². The van der Waals surface area contributed by atoms with Crippen LogP contribution in [0.1, 0.15) is 33.5 Å². The van der Waals surface area contributed by atoms with Crippen LogP contribution >= 0.6 is 0 Å². The number of hydrogen-bond donors (Lipinski definition) is 2. The average molecular weight is 336 g/mol. The third-order valence-electron chi connectivity index (χ3n) is 4.02. The molecule has 0 fully saturated rings. The predicted molar refractivity (Wildman–Crippen MR) is 90.1 cm³/mol. The van der Waals surface area contributed by atoms with Crippen molar-refractivity contribution in [3.05, 3.63) is 71.1 Å². The van der Waals surface area contributed by atoms with Crippen LogP contribution in [0, 0.1) is 0 Å². The molecule has 1 amide bonds. The van der Waals surface area contributed by atoms with Gasteiger partial charge < -0.3 is 20.2 Å². The summed E-state index contributed by atoms with van der Waals surface area (Å²) in [5.41, 5.74) is 7.76. The van der Waals surface area contributed by atoms with Crippen LogP contribution in [0.3, 0.4) is 0 Å². The van der Waals surface area contributed by atoms with Crippen LogP contribution in [0.5, 0.6) is 5.75 Å². The lowest BCUT2D eigenvalue weighted by Crippen LogP contribution is -2.11. The van der Waals surface area contributed by atoms with Gasteiger partial charge in [-0.2, -0.15) is 0 Å². The molecular formula is C18H16N4O3. The van der Waals surface area contributed by atoms with E-state index in [1.165, 1.54) is 0 Å². The van der Waals surface area contributed by atoms with Gasteiger partial charge in [0.25, 0.3) is 5.89 Å². The number of nitrogens with one attached hydrogen (secondary N) is 1. The van der Waals surface area contributed by atoms with Gasteiger partial charge >= 0.3 is 6.01 Å². The number of carbonyl (C=O) groups excluding carboxylic acids is 1. The molecule has 1 aliphatic rings. The molecule has 3 aromatic rings. The number of anilines is 1. The van der Waals surface area contributed by atoms with E-state index in [-0.39, 0.29) is 6.10 Å². The first kappa shape index (κ1) is 15.2. The minimum Gasteiger partial charge on any atom is -0.480 e. The molecule has 0 saturated carbocycles. The third kappa shape index (κ3) is 3.16. The number of fused-ring (bicyclic) bond motifs is 1. The van der Waals surface area contributed by atoms with Crippen LogP contribution in [0.4, 0.5) is 6.01 Å². The van der Waals surface area contributed by atoms with Crippen molar-refractivity contribution in [2.45, 2.75) is 19.1 Å². The first-order valence-electron chi connectivity index (χ1n) is 7.89. The van der Waals surface area contributed by atoms with Crippen molar-refractivity contribution in [3.63, 3.8) is 0 Å². The van der Waals surface area contributed by atoms with Gasteiger partial charge in [-0.05, 0) is 29.3 Å². The number of carbonyl (C=O) groups is 1. The van der Waals surface area contributed by atoms with Crippen LogP contribution in [0.25, 0.3) is 0 Å². The predicted octanol–water partition coefficient (Wildman–Crippen LogP) is 2.46. The molecule has 0 bridgehead atoms. The van der Waals surface area contributed by atoms with Crippen molar-refractivity contribution in [1.82, 2.24) is 10.2 Å². The molecule has 0 saturated heterocycles. The zero-order valence-corrected chi connectivity index (χ0v) is 13.3. The van der Waals surface area contributed by atoms with Crippen molar-refractivity contribution >= 4 is 11.9 Å². The molecule has 0 aliphatic carbocycles. The standard InChI is InChI=1S/C18H16N4O3/c19-16(23)13-6-3-4-11(8-13)10-20-18-22-21-17(25-18)15-9-12-5-1-2-7-14(12)24-15/h1-8,15H,9-10H2,(H2,19,23)(H,20,22). The number of benzene rings is 2. The largest absolute Gasteiger partial charge is 0.480 e. The summed E-state index contributed by atoms with van der Waals surface area (Å²) in [5.74, 6) is 0.827. The molecule has 4 rings (SSSR count). The lowest BCUT2D eigenvalue weighted by Gasteiger charge is -2.05. The molecule has 0 radical (unpaired) electrons. The Hall–Kier alpha value is -3.35. The lowest BCUT2D eigenvalue weighted by molar-refractivity contribution is 0.1000. The SMILES string of the molecule is NC(=O)c1cccc(CNc2nnc(C3Cc4ccccc4O3)o2)c1. The van der Waals surface area contributed by atoms with Gasteiger partial charge in [-0.1, -0.05) is 35.4 Å². The van der Waals surface area contributed by atoms with E-state index in [0.717, 1.165) is 16.9 Å². The number of nitrogens with zero attached hydrogens (tertiary/aromatic N) is 2. The van der Waals surface area contributed by atoms with Gasteiger partial charge in [0.15, 0.2) is 6.10 Å². The minimum atomic E-state index is -0.458. The topological polar surface area (TPSA) is 103 Å². The molecule has 1 aromatic heterocycles. The van der Waals surface area contributed by atoms with Gasteiger partial charge in [0.2, 0.25) is 5.91 Å². The van der Waals surface area contributed by atoms with Gasteiger partial charge in [0, 0.05) is 18.5 Å². The molecule has 1 atom stereocenters. The second kappa shape index (κ2) is 6.27. The minimum absolute atomic E-state index is 0.265. The zero-order chi connectivity index (χ0) is 17.2. The zero-order valence-electron chi connectivity index (χ0n) is 13.3. The van der Waals surface area contributed by atoms with E-state index in [4.69, 9.17) is 14.9 Å². The van der Waals surface area contributed by atoms with Crippen LogP contribution in [-0.2, 0) is 13.0 Å². The fourth-order valence-corrected chi connectivity index (χ4v) is 2.77. The van der Waals surface area contributed by atoms with E-state index < -0.39 is 5.91 Å². The highest BCUT2D eigenvalue weighted by Crippen LogP contribution is 2.36. The Morgan fingerprint density at radius 2 is 2.08 bits per heavy atom. The molecule has 25 heavy (non-hydrogen) atoms. The van der Waals surface area contributed by atoms with Gasteiger partial charge in [0.05, 0.1) is 0 Å². The Kier molecular flexibility index (Phi) is 3.81. The summed E-state index contributed by atoms with van der Waals surface area (Å²) in [6.07, 6.45) is 0.442. The summed E-state index contributed by atoms with van der Waals surface area (Å²) in [7, 11) is 0. The van der Waals surface area contributed by atoms with E-state index in [9.17, 15) is 4.79 Å². The normalized spacial score (nSPS) is 15.4. The summed E-state index contributed by atoms with van der Waals surface area (Å²) < 4.78 is 11.5. The van der Waals surface area contributed by atoms with E-state index in [1.807, 2.05) is 30.3 Å². The van der Waals surface area contributed by atoms with Crippen LogP contribution in [0.15, 0.2) is 52.9 Å². The van der Waals surface area contributed by atoms with Gasteiger partial charge in [0.1, 0.15) is 5.75 Å². The average Bonchev–Trinajstić information content (AvgIpc) is 3.26. The first-order chi connectivity index (χ1) is 12.2. The maximum Gasteiger partial charge on any atom is 0.315 e. The van der Waals surface area contributed by atoms with Crippen LogP contribution < -0.4 is 15.8 Å². The maximum absolute atomic E-state index is 11.2. The number of nitrogens with two attached hydrogens (primary N) is 1. The summed E-state index contributed by atoms with van der Waals surface area (Å²) >= 11 is 0. The number of para-hydroxylation sites is 1. The Morgan fingerprint density at radius 3 is 2.92 bits per heavy atom. The smallest absolute Gasteiger partial charge is 0.315 e. The highest BCUT2D eigenvalue weighted by molar-refractivity contribution is 5.92. The van der Waals surface area contributed by atoms with Crippen molar-refractivity contribution in [2.24, 2.45) is 5.73 Å². The van der Waals surface area contributed by atoms with E-state index in [1.54, 1.807) is 18.2 Å². The molecule has 1 aliphatic heterocycles. The Bertz CT molecular complexity index is 897. The second-order valence-electron chi connectivity index (χ2n) is 5.78. The highest BCUT2D eigenvalue weighted by atomic mass is 16.5. The monoisotopic (exact) mass is 336 g/mol. The molecule has 3 N–H and O–H groups in total. The summed E-state index contributed by atoms with van der Waals surface area (Å²) in [4.78, 5) is 11.2. The fraction of sp³-hybridized carbons (Fsp3) is 0.167. The molecule has 7 heteroatoms. The van der Waals surface area contributed by atoms with E-state index in [2.05, 4.69) is 15.5 Å². The summed E-state index contributed by atoms with van der Waals surface area (Å²) in [6.45, 7) is 0.439. The number of hydrogen-bond acceptors (Lipinski definition) is 6. The molecule has 2 heterocycles. The van der Waals surface area contributed by atoms with Gasteiger partial charge in [-0.3, -0.25) is 4.79 Å². The third-order valence-corrected chi connectivity index (χ3v) is 4.02. The highest BCUT2D eigenvalue weighted by Gasteiger charge is 2.28. The number of ether oxygens (including phenoxy) is 1. The number of aromatic nitrogens is 2. The van der Waals surface area contributed by atoms with Crippen molar-refractivity contribution in [2.75, 3.05) is 5.32 Å². The van der Waals surface area contributed by atoms with Crippen molar-refractivity contribution in [3.8, 4) is 5.75 Å². The molecule has 1 unspecified atom stereocenters. The quantitative estimate of drug-likeness (QED) is 0.742. The number of primary amides is 1. The van der Waals surface area contributed by atoms with Gasteiger partial charge in [-0.15, -0.1) is 5.10 Å². The summed E-state index contributed by atoms with van der Waals surface area (Å²) in [5, 5.41) is 11.1. The Morgan fingerprint density at radius 1 is 1.20 bits per heavy atom. The van der Waals surface area contributed by atoms with E-state index >= 15 is 0 Å². The second-order valence-corrected chi connectivity index (χ2v) is 5.78. The number of amides is 1. The first-order valence-corrected chi connectivity index (χ1v) is 7.89. The molecular weight excluding hydrogens is 320 g/mol. The van der Waals surface area contributed by atoms with Crippen molar-refractivity contribution < 1.29 is 13.9 Å². The molecule has 126 valence electrons. The van der Waals surface area contributed by atoms with Crippen LogP contribution in [0.2, 0.25) is 0 Å².